The van der Waals surface area contributed by atoms with E-state index in [1.807, 2.05) is 6.07 Å². The van der Waals surface area contributed by atoms with Gasteiger partial charge in [-0.1, -0.05) is 12.1 Å². The summed E-state index contributed by atoms with van der Waals surface area (Å²) in [6.45, 7) is 3.49. The Kier molecular flexibility index (Phi) is 4.59. The van der Waals surface area contributed by atoms with Crippen LogP contribution in [0.3, 0.4) is 0 Å². The van der Waals surface area contributed by atoms with Crippen LogP contribution in [-0.4, -0.2) is 17.5 Å². The number of nitro groups is 1. The number of nitro benzene ring substituents is 1. The van der Waals surface area contributed by atoms with Gasteiger partial charge in [-0.3, -0.25) is 14.9 Å². The van der Waals surface area contributed by atoms with Crippen LogP contribution in [0.5, 0.6) is 0 Å². The quantitative estimate of drug-likeness (QED) is 0.461. The molecule has 6 nitrogen and oxygen atoms in total. The first-order valence-electron chi connectivity index (χ1n) is 5.74. The first-order chi connectivity index (χ1) is 8.95. The summed E-state index contributed by atoms with van der Waals surface area (Å²) >= 11 is 0. The molecule has 0 saturated heterocycles. The van der Waals surface area contributed by atoms with E-state index in [-0.39, 0.29) is 18.7 Å². The summed E-state index contributed by atoms with van der Waals surface area (Å²) < 4.78 is 4.97. The lowest BCUT2D eigenvalue weighted by Gasteiger charge is -2.24. The number of esters is 1. The standard InChI is InChI=1S/C13H14N2O4/c1-3-19-12(16)13(2,8-9-14)10-4-6-11(7-5-10)15(17)18/h4-7H,3,8H2,1-2H3. The van der Waals surface area contributed by atoms with Crippen LogP contribution in [0.2, 0.25) is 0 Å². The molecule has 1 aromatic rings. The van der Waals surface area contributed by atoms with E-state index in [9.17, 15) is 14.9 Å². The fourth-order valence-corrected chi connectivity index (χ4v) is 1.69. The van der Waals surface area contributed by atoms with Crippen LogP contribution in [-0.2, 0) is 14.9 Å². The third kappa shape index (κ3) is 3.07. The molecule has 1 atom stereocenters. The number of carbonyl (C=O) groups excluding carboxylic acids is 1. The Bertz CT molecular complexity index is 518. The van der Waals surface area contributed by atoms with E-state index in [4.69, 9.17) is 10.00 Å². The first-order valence-corrected chi connectivity index (χ1v) is 5.74. The minimum Gasteiger partial charge on any atom is -0.465 e. The molecule has 0 N–H and O–H groups in total. The molecule has 100 valence electrons. The summed E-state index contributed by atoms with van der Waals surface area (Å²) in [6, 6.07) is 7.53. The highest BCUT2D eigenvalue weighted by Gasteiger charge is 2.37. The summed E-state index contributed by atoms with van der Waals surface area (Å²) in [5.74, 6) is -0.509. The summed E-state index contributed by atoms with van der Waals surface area (Å²) in [6.07, 6.45) is -0.0519. The Hall–Kier alpha value is -2.42. The molecule has 0 radical (unpaired) electrons. The van der Waals surface area contributed by atoms with E-state index in [1.54, 1.807) is 13.8 Å². The number of nitrogens with zero attached hydrogens (tertiary/aromatic N) is 2. The average molecular weight is 262 g/mol. The van der Waals surface area contributed by atoms with Gasteiger partial charge >= 0.3 is 5.97 Å². The predicted octanol–water partition coefficient (Wildman–Crippen LogP) is 2.33. The molecule has 0 aromatic heterocycles. The molecule has 0 fully saturated rings. The lowest BCUT2D eigenvalue weighted by atomic mass is 9.80. The highest BCUT2D eigenvalue weighted by Crippen LogP contribution is 2.30. The van der Waals surface area contributed by atoms with Crippen LogP contribution in [0.1, 0.15) is 25.8 Å². The maximum atomic E-state index is 12.0. The van der Waals surface area contributed by atoms with Crippen molar-refractivity contribution in [3.05, 3.63) is 39.9 Å². The monoisotopic (exact) mass is 262 g/mol. The molecule has 0 spiro atoms. The van der Waals surface area contributed by atoms with Gasteiger partial charge in [-0.25, -0.2) is 0 Å². The van der Waals surface area contributed by atoms with E-state index < -0.39 is 16.3 Å². The topological polar surface area (TPSA) is 93.2 Å². The van der Waals surface area contributed by atoms with Gasteiger partial charge in [0.15, 0.2) is 0 Å². The van der Waals surface area contributed by atoms with Crippen LogP contribution in [0.15, 0.2) is 24.3 Å². The van der Waals surface area contributed by atoms with Crippen molar-refractivity contribution in [3.8, 4) is 6.07 Å². The normalized spacial score (nSPS) is 13.1. The Balaban J connectivity index is 3.15. The fourth-order valence-electron chi connectivity index (χ4n) is 1.69. The minimum atomic E-state index is -1.11. The van der Waals surface area contributed by atoms with E-state index in [0.29, 0.717) is 5.56 Å². The van der Waals surface area contributed by atoms with Crippen LogP contribution >= 0.6 is 0 Å². The molecule has 0 heterocycles. The molecule has 6 heteroatoms. The molecule has 0 aliphatic rings. The maximum absolute atomic E-state index is 12.0. The van der Waals surface area contributed by atoms with Crippen LogP contribution in [0, 0.1) is 21.4 Å². The van der Waals surface area contributed by atoms with Crippen molar-refractivity contribution >= 4 is 11.7 Å². The summed E-state index contributed by atoms with van der Waals surface area (Å²) in [5.41, 5.74) is -0.648. The smallest absolute Gasteiger partial charge is 0.317 e. The number of ether oxygens (including phenoxy) is 1. The van der Waals surface area contributed by atoms with Crippen LogP contribution in [0.4, 0.5) is 5.69 Å². The van der Waals surface area contributed by atoms with Crippen molar-refractivity contribution in [1.29, 1.82) is 5.26 Å². The Morgan fingerprint density at radius 1 is 1.47 bits per heavy atom. The molecule has 0 aliphatic carbocycles. The van der Waals surface area contributed by atoms with E-state index >= 15 is 0 Å². The number of nitriles is 1. The number of rotatable bonds is 5. The van der Waals surface area contributed by atoms with Gasteiger partial charge in [0.05, 0.1) is 24.0 Å². The average Bonchev–Trinajstić information content (AvgIpc) is 2.39. The molecule has 1 rings (SSSR count). The lowest BCUT2D eigenvalue weighted by Crippen LogP contribution is -2.34. The fraction of sp³-hybridized carbons (Fsp3) is 0.385. The lowest BCUT2D eigenvalue weighted by molar-refractivity contribution is -0.384. The first kappa shape index (κ1) is 14.6. The van der Waals surface area contributed by atoms with Crippen molar-refractivity contribution in [2.45, 2.75) is 25.7 Å². The molecule has 0 aliphatic heterocycles. The Labute approximate surface area is 110 Å². The second-order valence-corrected chi connectivity index (χ2v) is 4.19. The van der Waals surface area contributed by atoms with Crippen LogP contribution < -0.4 is 0 Å². The van der Waals surface area contributed by atoms with Gasteiger partial charge < -0.3 is 4.74 Å². The SMILES string of the molecule is CCOC(=O)C(C)(CC#N)c1ccc([N+](=O)[O-])cc1. The van der Waals surface area contributed by atoms with Crippen LogP contribution in [0.25, 0.3) is 0 Å². The van der Waals surface area contributed by atoms with Gasteiger partial charge in [0.25, 0.3) is 5.69 Å². The number of hydrogen-bond donors (Lipinski definition) is 0. The molecular weight excluding hydrogens is 248 g/mol. The molecular formula is C13H14N2O4. The van der Waals surface area contributed by atoms with Gasteiger partial charge in [-0.2, -0.15) is 5.26 Å². The molecule has 19 heavy (non-hydrogen) atoms. The van der Waals surface area contributed by atoms with Crippen molar-refractivity contribution < 1.29 is 14.5 Å². The van der Waals surface area contributed by atoms with Crippen molar-refractivity contribution in [1.82, 2.24) is 0 Å². The number of non-ortho nitro benzene ring substituents is 1. The molecule has 1 unspecified atom stereocenters. The highest BCUT2D eigenvalue weighted by atomic mass is 16.6. The molecule has 0 amide bonds. The largest absolute Gasteiger partial charge is 0.465 e. The Morgan fingerprint density at radius 2 is 2.05 bits per heavy atom. The van der Waals surface area contributed by atoms with Gasteiger partial charge in [-0.05, 0) is 19.4 Å². The van der Waals surface area contributed by atoms with Crippen molar-refractivity contribution in [2.75, 3.05) is 6.61 Å². The van der Waals surface area contributed by atoms with E-state index in [1.165, 1.54) is 24.3 Å². The summed E-state index contributed by atoms with van der Waals surface area (Å²) in [7, 11) is 0. The third-order valence-electron chi connectivity index (χ3n) is 2.87. The number of hydrogen-bond acceptors (Lipinski definition) is 5. The van der Waals surface area contributed by atoms with Gasteiger partial charge in [0.1, 0.15) is 5.41 Å². The zero-order valence-corrected chi connectivity index (χ0v) is 10.8. The maximum Gasteiger partial charge on any atom is 0.317 e. The molecule has 0 bridgehead atoms. The predicted molar refractivity (Wildman–Crippen MR) is 67.3 cm³/mol. The van der Waals surface area contributed by atoms with Gasteiger partial charge in [0, 0.05) is 12.1 Å². The molecule has 0 saturated carbocycles. The van der Waals surface area contributed by atoms with Gasteiger partial charge in [-0.15, -0.1) is 0 Å². The van der Waals surface area contributed by atoms with Gasteiger partial charge in [0.2, 0.25) is 0 Å². The second kappa shape index (κ2) is 5.96. The van der Waals surface area contributed by atoms with Crippen molar-refractivity contribution in [2.24, 2.45) is 0 Å². The number of benzene rings is 1. The second-order valence-electron chi connectivity index (χ2n) is 4.19. The van der Waals surface area contributed by atoms with E-state index in [0.717, 1.165) is 0 Å². The minimum absolute atomic E-state index is 0.0519. The zero-order valence-electron chi connectivity index (χ0n) is 10.8. The summed E-state index contributed by atoms with van der Waals surface area (Å²) in [4.78, 5) is 22.0. The zero-order chi connectivity index (χ0) is 14.5. The Morgan fingerprint density at radius 3 is 2.47 bits per heavy atom. The van der Waals surface area contributed by atoms with Crippen molar-refractivity contribution in [3.63, 3.8) is 0 Å². The summed E-state index contributed by atoms with van der Waals surface area (Å²) in [5, 5.41) is 19.4. The number of carbonyl (C=O) groups is 1. The third-order valence-corrected chi connectivity index (χ3v) is 2.87. The van der Waals surface area contributed by atoms with E-state index in [2.05, 4.69) is 0 Å². The molecule has 1 aromatic carbocycles. The highest BCUT2D eigenvalue weighted by molar-refractivity contribution is 5.83.